The number of anilines is 1. The van der Waals surface area contributed by atoms with E-state index in [-0.39, 0.29) is 11.3 Å². The predicted molar refractivity (Wildman–Crippen MR) is 63.6 cm³/mol. The zero-order valence-corrected chi connectivity index (χ0v) is 9.49. The quantitative estimate of drug-likeness (QED) is 0.708. The van der Waals surface area contributed by atoms with E-state index in [0.717, 1.165) is 31.6 Å². The van der Waals surface area contributed by atoms with Gasteiger partial charge in [0.05, 0.1) is 5.41 Å². The lowest BCUT2D eigenvalue weighted by Gasteiger charge is -2.32. The average Bonchev–Trinajstić information content (AvgIpc) is 2.55. The van der Waals surface area contributed by atoms with Crippen molar-refractivity contribution in [1.29, 1.82) is 0 Å². The molecule has 1 unspecified atom stereocenters. The minimum Gasteiger partial charge on any atom is -0.315 e. The van der Waals surface area contributed by atoms with Gasteiger partial charge in [-0.05, 0) is 31.0 Å². The molecule has 3 heteroatoms. The largest absolute Gasteiger partial charge is 0.315 e. The molecule has 0 saturated carbocycles. The van der Waals surface area contributed by atoms with Crippen LogP contribution in [0.5, 0.6) is 0 Å². The van der Waals surface area contributed by atoms with Crippen molar-refractivity contribution in [2.24, 2.45) is 0 Å². The second-order valence-corrected chi connectivity index (χ2v) is 4.74. The van der Waals surface area contributed by atoms with Crippen molar-refractivity contribution in [2.45, 2.75) is 18.3 Å². The molecule has 1 fully saturated rings. The van der Waals surface area contributed by atoms with Crippen LogP contribution in [-0.4, -0.2) is 26.0 Å². The van der Waals surface area contributed by atoms with Crippen LogP contribution in [0.15, 0.2) is 24.3 Å². The van der Waals surface area contributed by atoms with Gasteiger partial charge in [0.15, 0.2) is 0 Å². The molecule has 0 radical (unpaired) electrons. The molecule has 3 rings (SSSR count). The van der Waals surface area contributed by atoms with Gasteiger partial charge >= 0.3 is 0 Å². The molecule has 2 aliphatic heterocycles. The highest BCUT2D eigenvalue weighted by Crippen LogP contribution is 2.44. The Morgan fingerprint density at radius 3 is 2.94 bits per heavy atom. The third-order valence-corrected chi connectivity index (χ3v) is 3.88. The lowest BCUT2D eigenvalue weighted by Crippen LogP contribution is -2.49. The van der Waals surface area contributed by atoms with Crippen molar-refractivity contribution in [1.82, 2.24) is 5.32 Å². The van der Waals surface area contributed by atoms with E-state index in [2.05, 4.69) is 11.4 Å². The number of nitrogens with zero attached hydrogens (tertiary/aromatic N) is 1. The number of piperidine rings is 1. The topological polar surface area (TPSA) is 32.3 Å². The summed E-state index contributed by atoms with van der Waals surface area (Å²) in [5.74, 6) is 0.251. The van der Waals surface area contributed by atoms with Crippen molar-refractivity contribution >= 4 is 11.6 Å². The van der Waals surface area contributed by atoms with Crippen molar-refractivity contribution in [3.05, 3.63) is 29.8 Å². The van der Waals surface area contributed by atoms with Crippen LogP contribution in [0.1, 0.15) is 18.4 Å². The predicted octanol–water partition coefficient (Wildman–Crippen LogP) is 1.28. The van der Waals surface area contributed by atoms with Crippen LogP contribution in [0, 0.1) is 0 Å². The third kappa shape index (κ3) is 1.09. The SMILES string of the molecule is CN1C(=O)C2(CCCNC2)c2ccccc21. The number of hydrogen-bond acceptors (Lipinski definition) is 2. The fourth-order valence-electron chi connectivity index (χ4n) is 3.03. The van der Waals surface area contributed by atoms with E-state index in [4.69, 9.17) is 0 Å². The first-order valence-corrected chi connectivity index (χ1v) is 5.84. The number of rotatable bonds is 0. The van der Waals surface area contributed by atoms with E-state index in [0.29, 0.717) is 0 Å². The monoisotopic (exact) mass is 216 g/mol. The van der Waals surface area contributed by atoms with Gasteiger partial charge in [0.2, 0.25) is 5.91 Å². The minimum atomic E-state index is -0.288. The number of fused-ring (bicyclic) bond motifs is 2. The molecule has 0 aliphatic carbocycles. The van der Waals surface area contributed by atoms with Crippen LogP contribution in [0.25, 0.3) is 0 Å². The van der Waals surface area contributed by atoms with Gasteiger partial charge in [-0.3, -0.25) is 4.79 Å². The third-order valence-electron chi connectivity index (χ3n) is 3.88. The smallest absolute Gasteiger partial charge is 0.238 e. The number of likely N-dealkylation sites (N-methyl/N-ethyl adjacent to an activating group) is 1. The number of nitrogens with one attached hydrogen (secondary N) is 1. The summed E-state index contributed by atoms with van der Waals surface area (Å²) in [6.07, 6.45) is 2.05. The fourth-order valence-corrected chi connectivity index (χ4v) is 3.03. The summed E-state index contributed by atoms with van der Waals surface area (Å²) in [7, 11) is 1.88. The summed E-state index contributed by atoms with van der Waals surface area (Å²) in [5, 5.41) is 3.36. The molecule has 16 heavy (non-hydrogen) atoms. The second-order valence-electron chi connectivity index (χ2n) is 4.74. The number of benzene rings is 1. The molecule has 0 aromatic heterocycles. The minimum absolute atomic E-state index is 0.251. The second kappa shape index (κ2) is 3.32. The summed E-state index contributed by atoms with van der Waals surface area (Å²) in [5.41, 5.74) is 2.00. The maximum absolute atomic E-state index is 12.4. The van der Waals surface area contributed by atoms with E-state index in [9.17, 15) is 4.79 Å². The van der Waals surface area contributed by atoms with Crippen LogP contribution in [0.2, 0.25) is 0 Å². The molecule has 1 spiro atoms. The molecule has 84 valence electrons. The molecule has 1 amide bonds. The van der Waals surface area contributed by atoms with Crippen molar-refractivity contribution in [3.8, 4) is 0 Å². The Labute approximate surface area is 95.4 Å². The highest BCUT2D eigenvalue weighted by molar-refractivity contribution is 6.08. The summed E-state index contributed by atoms with van der Waals surface area (Å²) in [4.78, 5) is 14.2. The van der Waals surface area contributed by atoms with E-state index < -0.39 is 0 Å². The summed E-state index contributed by atoms with van der Waals surface area (Å²) in [6, 6.07) is 8.17. The lowest BCUT2D eigenvalue weighted by molar-refractivity contribution is -0.123. The average molecular weight is 216 g/mol. The van der Waals surface area contributed by atoms with Gasteiger partial charge < -0.3 is 10.2 Å². The van der Waals surface area contributed by atoms with Crippen molar-refractivity contribution < 1.29 is 4.79 Å². The highest BCUT2D eigenvalue weighted by atomic mass is 16.2. The van der Waals surface area contributed by atoms with Gasteiger partial charge in [0.25, 0.3) is 0 Å². The summed E-state index contributed by atoms with van der Waals surface area (Å²) < 4.78 is 0. The number of carbonyl (C=O) groups excluding carboxylic acids is 1. The van der Waals surface area contributed by atoms with Gasteiger partial charge in [0, 0.05) is 19.3 Å². The van der Waals surface area contributed by atoms with E-state index >= 15 is 0 Å². The van der Waals surface area contributed by atoms with E-state index in [1.807, 2.05) is 30.1 Å². The van der Waals surface area contributed by atoms with Crippen LogP contribution < -0.4 is 10.2 Å². The maximum atomic E-state index is 12.4. The van der Waals surface area contributed by atoms with Crippen LogP contribution >= 0.6 is 0 Å². The van der Waals surface area contributed by atoms with Gasteiger partial charge in [-0.25, -0.2) is 0 Å². The normalized spacial score (nSPS) is 28.6. The van der Waals surface area contributed by atoms with E-state index in [1.54, 1.807) is 0 Å². The maximum Gasteiger partial charge on any atom is 0.238 e. The standard InChI is InChI=1S/C13H16N2O/c1-15-11-6-3-2-5-10(11)13(12(15)16)7-4-8-14-9-13/h2-3,5-6,14H,4,7-9H2,1H3. The Kier molecular flexibility index (Phi) is 2.04. The van der Waals surface area contributed by atoms with Crippen molar-refractivity contribution in [2.75, 3.05) is 25.0 Å². The Morgan fingerprint density at radius 1 is 1.38 bits per heavy atom. The zero-order chi connectivity index (χ0) is 11.2. The van der Waals surface area contributed by atoms with Crippen LogP contribution in [0.4, 0.5) is 5.69 Å². The molecule has 1 saturated heterocycles. The number of hydrogen-bond donors (Lipinski definition) is 1. The molecule has 0 bridgehead atoms. The first-order valence-electron chi connectivity index (χ1n) is 5.84. The number of carbonyl (C=O) groups is 1. The molecule has 2 aliphatic rings. The van der Waals surface area contributed by atoms with Gasteiger partial charge in [0.1, 0.15) is 0 Å². The molecule has 1 N–H and O–H groups in total. The van der Waals surface area contributed by atoms with Crippen LogP contribution in [-0.2, 0) is 10.2 Å². The van der Waals surface area contributed by atoms with E-state index in [1.165, 1.54) is 5.56 Å². The van der Waals surface area contributed by atoms with Gasteiger partial charge in [-0.15, -0.1) is 0 Å². The molecule has 2 heterocycles. The van der Waals surface area contributed by atoms with Crippen LogP contribution in [0.3, 0.4) is 0 Å². The van der Waals surface area contributed by atoms with Gasteiger partial charge in [-0.2, -0.15) is 0 Å². The molecular formula is C13H16N2O. The van der Waals surface area contributed by atoms with Crippen molar-refractivity contribution in [3.63, 3.8) is 0 Å². The Balaban J connectivity index is 2.16. The summed E-state index contributed by atoms with van der Waals surface area (Å²) in [6.45, 7) is 1.81. The highest BCUT2D eigenvalue weighted by Gasteiger charge is 2.49. The lowest BCUT2D eigenvalue weighted by atomic mass is 9.76. The first kappa shape index (κ1) is 9.85. The molecule has 1 aromatic carbocycles. The molecule has 1 aromatic rings. The number of para-hydroxylation sites is 1. The Bertz CT molecular complexity index is 435. The molecule has 1 atom stereocenters. The first-order chi connectivity index (χ1) is 7.76. The summed E-state index contributed by atoms with van der Waals surface area (Å²) >= 11 is 0. The van der Waals surface area contributed by atoms with Gasteiger partial charge in [-0.1, -0.05) is 18.2 Å². The Morgan fingerprint density at radius 2 is 2.19 bits per heavy atom. The fraction of sp³-hybridized carbons (Fsp3) is 0.462. The number of amides is 1. The zero-order valence-electron chi connectivity index (χ0n) is 9.49. The molecular weight excluding hydrogens is 200 g/mol. The Hall–Kier alpha value is -1.35. The molecule has 3 nitrogen and oxygen atoms in total.